The van der Waals surface area contributed by atoms with Crippen molar-refractivity contribution in [2.45, 2.75) is 37.4 Å². The van der Waals surface area contributed by atoms with Crippen molar-refractivity contribution in [1.82, 2.24) is 4.90 Å². The van der Waals surface area contributed by atoms with Gasteiger partial charge in [-0.3, -0.25) is 4.79 Å². The van der Waals surface area contributed by atoms with Crippen LogP contribution in [0.25, 0.3) is 0 Å². The number of aliphatic hydroxyl groups is 1. The Hall–Kier alpha value is -1.04. The van der Waals surface area contributed by atoms with Crippen LogP contribution in [-0.4, -0.2) is 47.3 Å². The number of hydrogen-bond acceptors (Lipinski definition) is 4. The number of aliphatic hydroxyl groups excluding tert-OH is 1. The number of likely N-dealkylation sites (tertiary alicyclic amines) is 1. The number of ether oxygens (including phenoxy) is 1. The first-order chi connectivity index (χ1) is 9.61. The number of piperidine rings is 1. The van der Waals surface area contributed by atoms with E-state index in [4.69, 9.17) is 20.8 Å². The van der Waals surface area contributed by atoms with Gasteiger partial charge in [0.25, 0.3) is 5.91 Å². The third kappa shape index (κ3) is 2.45. The van der Waals surface area contributed by atoms with Gasteiger partial charge in [0, 0.05) is 19.7 Å². The van der Waals surface area contributed by atoms with Crippen LogP contribution in [0.5, 0.6) is 0 Å². The Morgan fingerprint density at radius 3 is 2.75 bits per heavy atom. The molecule has 1 spiro atoms. The van der Waals surface area contributed by atoms with E-state index in [-0.39, 0.29) is 16.9 Å². The van der Waals surface area contributed by atoms with Gasteiger partial charge in [0.05, 0.1) is 11.7 Å². The summed E-state index contributed by atoms with van der Waals surface area (Å²) < 4.78 is 11.0. The van der Waals surface area contributed by atoms with Crippen LogP contribution in [-0.2, 0) is 4.74 Å². The molecule has 1 aromatic heterocycles. The molecule has 6 heteroatoms. The third-order valence-electron chi connectivity index (χ3n) is 4.30. The molecule has 1 aromatic rings. The number of halogens is 1. The highest BCUT2D eigenvalue weighted by atomic mass is 35.5. The summed E-state index contributed by atoms with van der Waals surface area (Å²) in [5, 5.41) is 10.4. The minimum absolute atomic E-state index is 0.156. The Balaban J connectivity index is 1.65. The lowest BCUT2D eigenvalue weighted by Crippen LogP contribution is -2.56. The summed E-state index contributed by atoms with van der Waals surface area (Å²) in [4.78, 5) is 14.0. The second kappa shape index (κ2) is 5.39. The van der Waals surface area contributed by atoms with Gasteiger partial charge in [-0.05, 0) is 49.4 Å². The summed E-state index contributed by atoms with van der Waals surface area (Å²) in [6.07, 6.45) is 2.58. The minimum Gasteiger partial charge on any atom is -0.440 e. The molecule has 3 rings (SSSR count). The van der Waals surface area contributed by atoms with Gasteiger partial charge in [0.2, 0.25) is 0 Å². The zero-order valence-electron chi connectivity index (χ0n) is 11.2. The van der Waals surface area contributed by atoms with Gasteiger partial charge in [-0.1, -0.05) is 0 Å². The van der Waals surface area contributed by atoms with E-state index in [2.05, 4.69) is 0 Å². The smallest absolute Gasteiger partial charge is 0.289 e. The van der Waals surface area contributed by atoms with E-state index in [0.29, 0.717) is 32.5 Å². The molecule has 2 aliphatic rings. The highest BCUT2D eigenvalue weighted by Crippen LogP contribution is 2.35. The lowest BCUT2D eigenvalue weighted by atomic mass is 9.82. The third-order valence-corrected chi connectivity index (χ3v) is 4.50. The summed E-state index contributed by atoms with van der Waals surface area (Å²) in [6, 6.07) is 3.15. The van der Waals surface area contributed by atoms with Gasteiger partial charge in [-0.2, -0.15) is 0 Å². The van der Waals surface area contributed by atoms with Crippen molar-refractivity contribution >= 4 is 17.5 Å². The van der Waals surface area contributed by atoms with Crippen molar-refractivity contribution in [3.63, 3.8) is 0 Å². The molecule has 0 bridgehead atoms. The fourth-order valence-corrected chi connectivity index (χ4v) is 3.21. The van der Waals surface area contributed by atoms with Crippen molar-refractivity contribution in [2.75, 3.05) is 19.7 Å². The molecular weight excluding hydrogens is 282 g/mol. The predicted molar refractivity (Wildman–Crippen MR) is 72.8 cm³/mol. The van der Waals surface area contributed by atoms with Crippen LogP contribution >= 0.6 is 11.6 Å². The Labute approximate surface area is 122 Å². The summed E-state index contributed by atoms with van der Waals surface area (Å²) in [5.41, 5.74) is -0.462. The van der Waals surface area contributed by atoms with E-state index < -0.39 is 11.7 Å². The highest BCUT2D eigenvalue weighted by molar-refractivity contribution is 6.29. The zero-order valence-corrected chi connectivity index (χ0v) is 11.9. The summed E-state index contributed by atoms with van der Waals surface area (Å²) in [5.74, 6) is 0.105. The van der Waals surface area contributed by atoms with E-state index >= 15 is 0 Å². The van der Waals surface area contributed by atoms with Crippen LogP contribution < -0.4 is 0 Å². The van der Waals surface area contributed by atoms with Crippen LogP contribution in [0.2, 0.25) is 5.22 Å². The predicted octanol–water partition coefficient (Wildman–Crippen LogP) is 2.08. The van der Waals surface area contributed by atoms with Crippen LogP contribution in [0, 0.1) is 0 Å². The van der Waals surface area contributed by atoms with E-state index in [1.807, 2.05) is 0 Å². The van der Waals surface area contributed by atoms with Gasteiger partial charge in [0.15, 0.2) is 11.0 Å². The second-order valence-electron chi connectivity index (χ2n) is 5.47. The molecule has 1 N–H and O–H groups in total. The SMILES string of the molecule is O=C(c1ccc(Cl)o1)N1CCC2(CC1)OCCC[C@H]2O. The molecule has 0 aromatic carbocycles. The minimum atomic E-state index is -0.462. The number of furan rings is 1. The fraction of sp³-hybridized carbons (Fsp3) is 0.643. The largest absolute Gasteiger partial charge is 0.440 e. The molecule has 0 radical (unpaired) electrons. The Morgan fingerprint density at radius 1 is 1.40 bits per heavy atom. The monoisotopic (exact) mass is 299 g/mol. The molecule has 2 fully saturated rings. The maximum Gasteiger partial charge on any atom is 0.289 e. The lowest BCUT2D eigenvalue weighted by molar-refractivity contribution is -0.174. The molecule has 0 aliphatic carbocycles. The lowest BCUT2D eigenvalue weighted by Gasteiger charge is -2.46. The van der Waals surface area contributed by atoms with Crippen LogP contribution in [0.1, 0.15) is 36.2 Å². The van der Waals surface area contributed by atoms with Crippen LogP contribution in [0.3, 0.4) is 0 Å². The average Bonchev–Trinajstić information content (AvgIpc) is 2.89. The number of carbonyl (C=O) groups is 1. The van der Waals surface area contributed by atoms with E-state index in [0.717, 1.165) is 12.8 Å². The Kier molecular flexibility index (Phi) is 3.75. The molecule has 2 aliphatic heterocycles. The standard InChI is InChI=1S/C14H18ClNO4/c15-12-4-3-10(20-12)13(18)16-7-5-14(6-8-16)11(17)2-1-9-19-14/h3-4,11,17H,1-2,5-9H2/t11-/m1/s1. The molecule has 20 heavy (non-hydrogen) atoms. The molecule has 0 saturated carbocycles. The zero-order chi connectivity index (χ0) is 14.2. The van der Waals surface area contributed by atoms with Crippen LogP contribution in [0.4, 0.5) is 0 Å². The van der Waals surface area contributed by atoms with Crippen molar-refractivity contribution in [3.05, 3.63) is 23.1 Å². The second-order valence-corrected chi connectivity index (χ2v) is 5.84. The van der Waals surface area contributed by atoms with Gasteiger partial charge in [0.1, 0.15) is 0 Å². The molecule has 5 nitrogen and oxygen atoms in total. The normalized spacial score (nSPS) is 25.9. The molecule has 0 unspecified atom stereocenters. The molecule has 1 amide bonds. The van der Waals surface area contributed by atoms with Crippen molar-refractivity contribution in [1.29, 1.82) is 0 Å². The number of rotatable bonds is 1. The number of amides is 1. The molecule has 2 saturated heterocycles. The van der Waals surface area contributed by atoms with Crippen LogP contribution in [0.15, 0.2) is 16.5 Å². The molecule has 1 atom stereocenters. The van der Waals surface area contributed by atoms with E-state index in [1.54, 1.807) is 17.0 Å². The summed E-state index contributed by atoms with van der Waals surface area (Å²) in [6.45, 7) is 1.82. The number of hydrogen-bond donors (Lipinski definition) is 1. The van der Waals surface area contributed by atoms with Gasteiger partial charge < -0.3 is 19.2 Å². The first-order valence-electron chi connectivity index (χ1n) is 6.97. The van der Waals surface area contributed by atoms with E-state index in [1.165, 1.54) is 0 Å². The molecule has 3 heterocycles. The molecular formula is C14H18ClNO4. The summed E-state index contributed by atoms with van der Waals surface area (Å²) >= 11 is 5.69. The molecule has 110 valence electrons. The van der Waals surface area contributed by atoms with Crippen molar-refractivity contribution in [3.8, 4) is 0 Å². The Morgan fingerprint density at radius 2 is 2.15 bits per heavy atom. The maximum absolute atomic E-state index is 12.2. The van der Waals surface area contributed by atoms with Gasteiger partial charge in [-0.25, -0.2) is 0 Å². The Bertz CT molecular complexity index is 493. The topological polar surface area (TPSA) is 62.9 Å². The van der Waals surface area contributed by atoms with E-state index in [9.17, 15) is 9.90 Å². The maximum atomic E-state index is 12.2. The van der Waals surface area contributed by atoms with Crippen molar-refractivity contribution in [2.24, 2.45) is 0 Å². The summed E-state index contributed by atoms with van der Waals surface area (Å²) in [7, 11) is 0. The number of nitrogens with zero attached hydrogens (tertiary/aromatic N) is 1. The first kappa shape index (κ1) is 13.9. The number of carbonyl (C=O) groups excluding carboxylic acids is 1. The quantitative estimate of drug-likeness (QED) is 0.862. The van der Waals surface area contributed by atoms with Gasteiger partial charge in [-0.15, -0.1) is 0 Å². The average molecular weight is 300 g/mol. The highest BCUT2D eigenvalue weighted by Gasteiger charge is 2.44. The fourth-order valence-electron chi connectivity index (χ4n) is 3.06. The van der Waals surface area contributed by atoms with Crippen molar-refractivity contribution < 1.29 is 19.1 Å². The van der Waals surface area contributed by atoms with Gasteiger partial charge >= 0.3 is 0 Å². The first-order valence-corrected chi connectivity index (χ1v) is 7.35.